The Morgan fingerprint density at radius 1 is 1.47 bits per heavy atom. The molecule has 1 aliphatic heterocycles. The quantitative estimate of drug-likeness (QED) is 0.900. The second-order valence-corrected chi connectivity index (χ2v) is 5.72. The Hall–Kier alpha value is -0.540. The number of piperazine rings is 1. The summed E-state index contributed by atoms with van der Waals surface area (Å²) < 4.78 is 1.24. The summed E-state index contributed by atoms with van der Waals surface area (Å²) in [7, 11) is 0. The zero-order valence-corrected chi connectivity index (χ0v) is 12.4. The van der Waals surface area contributed by atoms with E-state index in [2.05, 4.69) is 65.1 Å². The fraction of sp³-hybridized carbons (Fsp3) is 0.571. The van der Waals surface area contributed by atoms with Crippen molar-refractivity contribution in [3.05, 3.63) is 28.2 Å². The van der Waals surface area contributed by atoms with Crippen LogP contribution in [0.25, 0.3) is 0 Å². The van der Waals surface area contributed by atoms with Gasteiger partial charge in [0.2, 0.25) is 0 Å². The highest BCUT2D eigenvalue weighted by molar-refractivity contribution is 9.10. The lowest BCUT2D eigenvalue weighted by atomic mass is 10.1. The third-order valence-electron chi connectivity index (χ3n) is 3.62. The molecule has 1 aliphatic rings. The van der Waals surface area contributed by atoms with E-state index in [0.717, 1.165) is 13.1 Å². The summed E-state index contributed by atoms with van der Waals surface area (Å²) >= 11 is 3.72. The fourth-order valence-corrected chi connectivity index (χ4v) is 2.88. The highest BCUT2D eigenvalue weighted by Gasteiger charge is 2.25. The van der Waals surface area contributed by atoms with E-state index in [1.807, 2.05) is 0 Å². The molecule has 0 aromatic heterocycles. The number of aryl methyl sites for hydroxylation is 1. The average Bonchev–Trinajstić information content (AvgIpc) is 2.34. The number of nitrogens with one attached hydrogen (secondary N) is 1. The van der Waals surface area contributed by atoms with Gasteiger partial charge in [0.05, 0.1) is 5.69 Å². The normalized spacial score (nSPS) is 25.1. The van der Waals surface area contributed by atoms with Gasteiger partial charge in [-0.3, -0.25) is 0 Å². The second-order valence-electron chi connectivity index (χ2n) is 4.92. The van der Waals surface area contributed by atoms with Crippen molar-refractivity contribution in [1.29, 1.82) is 0 Å². The Morgan fingerprint density at radius 2 is 2.24 bits per heavy atom. The third-order valence-corrected chi connectivity index (χ3v) is 4.66. The van der Waals surface area contributed by atoms with E-state index >= 15 is 0 Å². The van der Waals surface area contributed by atoms with Crippen molar-refractivity contribution in [3.8, 4) is 0 Å². The van der Waals surface area contributed by atoms with Crippen molar-refractivity contribution >= 4 is 21.6 Å². The van der Waals surface area contributed by atoms with Gasteiger partial charge in [-0.25, -0.2) is 0 Å². The van der Waals surface area contributed by atoms with Crippen LogP contribution in [-0.4, -0.2) is 25.2 Å². The lowest BCUT2D eigenvalue weighted by Gasteiger charge is -2.40. The maximum Gasteiger partial charge on any atom is 0.0516 e. The molecule has 2 rings (SSSR count). The van der Waals surface area contributed by atoms with Crippen LogP contribution in [0, 0.1) is 6.92 Å². The van der Waals surface area contributed by atoms with Gasteiger partial charge in [-0.05, 0) is 47.8 Å². The third kappa shape index (κ3) is 2.66. The van der Waals surface area contributed by atoms with Crippen molar-refractivity contribution < 1.29 is 0 Å². The minimum Gasteiger partial charge on any atom is -0.365 e. The summed E-state index contributed by atoms with van der Waals surface area (Å²) in [4.78, 5) is 2.52. The van der Waals surface area contributed by atoms with Crippen molar-refractivity contribution in [2.75, 3.05) is 18.0 Å². The molecule has 2 nitrogen and oxygen atoms in total. The number of rotatable bonds is 2. The molecule has 0 amide bonds. The highest BCUT2D eigenvalue weighted by Crippen LogP contribution is 2.31. The van der Waals surface area contributed by atoms with Crippen LogP contribution in [0.3, 0.4) is 0 Å². The Balaban J connectivity index is 2.27. The summed E-state index contributed by atoms with van der Waals surface area (Å²) in [5.74, 6) is 0. The van der Waals surface area contributed by atoms with Gasteiger partial charge in [-0.1, -0.05) is 19.1 Å². The van der Waals surface area contributed by atoms with Gasteiger partial charge in [0, 0.05) is 29.6 Å². The van der Waals surface area contributed by atoms with Crippen LogP contribution in [-0.2, 0) is 0 Å². The van der Waals surface area contributed by atoms with Crippen LogP contribution in [0.15, 0.2) is 22.7 Å². The molecule has 1 heterocycles. The van der Waals surface area contributed by atoms with Crippen LogP contribution in [0.2, 0.25) is 0 Å². The molecular formula is C14H21BrN2. The Labute approximate surface area is 113 Å². The maximum absolute atomic E-state index is 3.72. The molecule has 1 saturated heterocycles. The van der Waals surface area contributed by atoms with E-state index in [9.17, 15) is 0 Å². The van der Waals surface area contributed by atoms with Gasteiger partial charge >= 0.3 is 0 Å². The van der Waals surface area contributed by atoms with E-state index in [4.69, 9.17) is 0 Å². The molecule has 3 heteroatoms. The molecule has 1 aromatic rings. The first kappa shape index (κ1) is 12.9. The van der Waals surface area contributed by atoms with Crippen LogP contribution in [0.1, 0.15) is 25.8 Å². The molecule has 0 saturated carbocycles. The van der Waals surface area contributed by atoms with Crippen LogP contribution < -0.4 is 10.2 Å². The van der Waals surface area contributed by atoms with Crippen LogP contribution >= 0.6 is 15.9 Å². The number of anilines is 1. The molecular weight excluding hydrogens is 276 g/mol. The standard InChI is InChI=1S/C14H21BrN2/c1-4-12-9-17(11(3)8-16-12)13-7-5-6-10(2)14(13)15/h5-7,11-12,16H,4,8-9H2,1-3H3. The molecule has 0 radical (unpaired) electrons. The zero-order chi connectivity index (χ0) is 12.4. The van der Waals surface area contributed by atoms with Gasteiger partial charge in [-0.15, -0.1) is 0 Å². The summed E-state index contributed by atoms with van der Waals surface area (Å²) in [5.41, 5.74) is 2.64. The monoisotopic (exact) mass is 296 g/mol. The van der Waals surface area contributed by atoms with Gasteiger partial charge in [0.1, 0.15) is 0 Å². The van der Waals surface area contributed by atoms with Crippen LogP contribution in [0.5, 0.6) is 0 Å². The van der Waals surface area contributed by atoms with E-state index in [0.29, 0.717) is 12.1 Å². The van der Waals surface area contributed by atoms with Gasteiger partial charge in [-0.2, -0.15) is 0 Å². The lowest BCUT2D eigenvalue weighted by Crippen LogP contribution is -2.55. The van der Waals surface area contributed by atoms with Crippen molar-refractivity contribution in [2.45, 2.75) is 39.3 Å². The number of hydrogen-bond acceptors (Lipinski definition) is 2. The first-order valence-electron chi connectivity index (χ1n) is 6.38. The number of hydrogen-bond donors (Lipinski definition) is 1. The molecule has 0 spiro atoms. The highest BCUT2D eigenvalue weighted by atomic mass is 79.9. The van der Waals surface area contributed by atoms with Crippen LogP contribution in [0.4, 0.5) is 5.69 Å². The molecule has 2 unspecified atom stereocenters. The predicted octanol–water partition coefficient (Wildman–Crippen LogP) is 3.33. The first-order chi connectivity index (χ1) is 8.13. The largest absolute Gasteiger partial charge is 0.365 e. The lowest BCUT2D eigenvalue weighted by molar-refractivity contribution is 0.397. The van der Waals surface area contributed by atoms with Crippen molar-refractivity contribution in [2.24, 2.45) is 0 Å². The van der Waals surface area contributed by atoms with Crippen molar-refractivity contribution in [3.63, 3.8) is 0 Å². The van der Waals surface area contributed by atoms with Gasteiger partial charge < -0.3 is 10.2 Å². The summed E-state index contributed by atoms with van der Waals surface area (Å²) in [6.07, 6.45) is 1.19. The molecule has 2 atom stereocenters. The maximum atomic E-state index is 3.72. The molecule has 94 valence electrons. The van der Waals surface area contributed by atoms with E-state index in [1.54, 1.807) is 0 Å². The van der Waals surface area contributed by atoms with Crippen molar-refractivity contribution in [1.82, 2.24) is 5.32 Å². The topological polar surface area (TPSA) is 15.3 Å². The predicted molar refractivity (Wildman–Crippen MR) is 77.8 cm³/mol. The molecule has 1 fully saturated rings. The minimum absolute atomic E-state index is 0.552. The number of nitrogens with zero attached hydrogens (tertiary/aromatic N) is 1. The first-order valence-corrected chi connectivity index (χ1v) is 7.18. The van der Waals surface area contributed by atoms with E-state index in [1.165, 1.54) is 22.1 Å². The molecule has 1 N–H and O–H groups in total. The SMILES string of the molecule is CCC1CN(c2cccc(C)c2Br)C(C)CN1. The van der Waals surface area contributed by atoms with Gasteiger partial charge in [0.25, 0.3) is 0 Å². The van der Waals surface area contributed by atoms with E-state index < -0.39 is 0 Å². The molecule has 17 heavy (non-hydrogen) atoms. The average molecular weight is 297 g/mol. The number of benzene rings is 1. The van der Waals surface area contributed by atoms with Gasteiger partial charge in [0.15, 0.2) is 0 Å². The second kappa shape index (κ2) is 5.40. The molecule has 1 aromatic carbocycles. The number of halogens is 1. The Kier molecular flexibility index (Phi) is 4.10. The van der Waals surface area contributed by atoms with E-state index in [-0.39, 0.29) is 0 Å². The fourth-order valence-electron chi connectivity index (χ4n) is 2.39. The minimum atomic E-state index is 0.552. The Bertz CT molecular complexity index is 392. The Morgan fingerprint density at radius 3 is 2.94 bits per heavy atom. The molecule has 0 aliphatic carbocycles. The summed E-state index contributed by atoms with van der Waals surface area (Å²) in [5, 5.41) is 3.60. The smallest absolute Gasteiger partial charge is 0.0516 e. The zero-order valence-electron chi connectivity index (χ0n) is 10.8. The summed E-state index contributed by atoms with van der Waals surface area (Å²) in [6, 6.07) is 7.67. The molecule has 0 bridgehead atoms. The summed E-state index contributed by atoms with van der Waals surface area (Å²) in [6.45, 7) is 8.85.